The lowest BCUT2D eigenvalue weighted by Gasteiger charge is -2.60. The molecular formula is C26H32N10O2S. The van der Waals surface area contributed by atoms with Crippen molar-refractivity contribution >= 4 is 38.4 Å². The molecule has 4 aromatic heterocycles. The zero-order valence-electron chi connectivity index (χ0n) is 22.3. The molecule has 3 fully saturated rings. The molecule has 1 N–H and O–H groups in total. The number of nitrogens with zero attached hydrogens (tertiary/aromatic N) is 9. The van der Waals surface area contributed by atoms with E-state index in [1.54, 1.807) is 12.3 Å². The van der Waals surface area contributed by atoms with Crippen LogP contribution in [-0.2, 0) is 10.0 Å². The van der Waals surface area contributed by atoms with Gasteiger partial charge in [0.15, 0.2) is 11.6 Å². The zero-order valence-corrected chi connectivity index (χ0v) is 23.1. The molecule has 0 bridgehead atoms. The molecule has 12 nitrogen and oxygen atoms in total. The highest BCUT2D eigenvalue weighted by atomic mass is 32.2. The van der Waals surface area contributed by atoms with E-state index in [0.717, 1.165) is 40.4 Å². The van der Waals surface area contributed by atoms with Gasteiger partial charge in [-0.25, -0.2) is 23.4 Å². The number of likely N-dealkylation sites (tertiary alicyclic amines) is 1. The summed E-state index contributed by atoms with van der Waals surface area (Å²) in [6.45, 7) is 12.0. The first kappa shape index (κ1) is 24.5. The predicted molar refractivity (Wildman–Crippen MR) is 149 cm³/mol. The molecule has 0 amide bonds. The highest BCUT2D eigenvalue weighted by molar-refractivity contribution is 7.90. The lowest BCUT2D eigenvalue weighted by molar-refractivity contribution is -0.0180. The number of rotatable bonds is 8. The molecule has 0 aromatic carbocycles. The molecule has 0 unspecified atom stereocenters. The number of fused-ring (bicyclic) bond motifs is 1. The largest absolute Gasteiger partial charge is 0.353 e. The van der Waals surface area contributed by atoms with Crippen molar-refractivity contribution in [3.8, 4) is 11.4 Å². The number of aromatic nitrogens is 7. The molecule has 4 aromatic rings. The highest BCUT2D eigenvalue weighted by Crippen LogP contribution is 2.43. The highest BCUT2D eigenvalue weighted by Gasteiger charge is 2.52. The maximum absolute atomic E-state index is 12.5. The Balaban J connectivity index is 1.13. The van der Waals surface area contributed by atoms with Gasteiger partial charge >= 0.3 is 0 Å². The van der Waals surface area contributed by atoms with Crippen LogP contribution in [0, 0.1) is 5.41 Å². The monoisotopic (exact) mass is 548 g/mol. The van der Waals surface area contributed by atoms with Crippen LogP contribution in [0.2, 0.25) is 0 Å². The Labute approximate surface area is 227 Å². The van der Waals surface area contributed by atoms with Gasteiger partial charge in [0.05, 0.1) is 34.1 Å². The van der Waals surface area contributed by atoms with E-state index in [9.17, 15) is 8.42 Å². The van der Waals surface area contributed by atoms with Crippen LogP contribution in [0.15, 0.2) is 36.9 Å². The van der Waals surface area contributed by atoms with Gasteiger partial charge in [0.25, 0.3) is 10.0 Å². The topological polar surface area (TPSA) is 127 Å². The van der Waals surface area contributed by atoms with Crippen LogP contribution in [0.25, 0.3) is 22.3 Å². The number of nitrogens with one attached hydrogen (secondary N) is 1. The third-order valence-electron chi connectivity index (χ3n) is 7.92. The third kappa shape index (κ3) is 4.15. The average molecular weight is 549 g/mol. The Morgan fingerprint density at radius 1 is 1.10 bits per heavy atom. The number of hydrogen-bond acceptors (Lipinski definition) is 10. The molecule has 6 heterocycles. The van der Waals surface area contributed by atoms with E-state index < -0.39 is 10.0 Å². The number of pyridine rings is 1. The maximum atomic E-state index is 12.5. The lowest BCUT2D eigenvalue weighted by Crippen LogP contribution is -2.72. The van der Waals surface area contributed by atoms with Gasteiger partial charge in [-0.15, -0.1) is 0 Å². The summed E-state index contributed by atoms with van der Waals surface area (Å²) in [6, 6.07) is 3.95. The van der Waals surface area contributed by atoms with E-state index >= 15 is 0 Å². The molecular weight excluding hydrogens is 516 g/mol. The summed E-state index contributed by atoms with van der Waals surface area (Å²) in [5, 5.41) is 13.0. The van der Waals surface area contributed by atoms with Crippen molar-refractivity contribution in [2.45, 2.75) is 44.9 Å². The summed E-state index contributed by atoms with van der Waals surface area (Å²) in [5.41, 5.74) is 1.97. The summed E-state index contributed by atoms with van der Waals surface area (Å²) < 4.78 is 28.1. The van der Waals surface area contributed by atoms with E-state index in [-0.39, 0.29) is 11.3 Å². The maximum Gasteiger partial charge on any atom is 0.256 e. The van der Waals surface area contributed by atoms with E-state index in [4.69, 9.17) is 5.10 Å². The van der Waals surface area contributed by atoms with Crippen molar-refractivity contribution in [2.24, 2.45) is 5.41 Å². The minimum absolute atomic E-state index is 0.195. The zero-order chi connectivity index (χ0) is 26.9. The smallest absolute Gasteiger partial charge is 0.256 e. The summed E-state index contributed by atoms with van der Waals surface area (Å²) in [6.07, 6.45) is 7.83. The normalized spacial score (nSPS) is 19.0. The first-order valence-electron chi connectivity index (χ1n) is 13.5. The predicted octanol–water partition coefficient (Wildman–Crippen LogP) is 2.89. The van der Waals surface area contributed by atoms with Crippen LogP contribution in [0.4, 0.5) is 17.5 Å². The fraction of sp³-hybridized carbons (Fsp3) is 0.500. The summed E-state index contributed by atoms with van der Waals surface area (Å²) in [7, 11) is -3.44. The van der Waals surface area contributed by atoms with Crippen LogP contribution in [0.3, 0.4) is 0 Å². The van der Waals surface area contributed by atoms with Crippen molar-refractivity contribution in [3.05, 3.63) is 36.9 Å². The fourth-order valence-corrected chi connectivity index (χ4v) is 7.20. The summed E-state index contributed by atoms with van der Waals surface area (Å²) >= 11 is 0. The molecule has 2 saturated heterocycles. The number of anilines is 3. The van der Waals surface area contributed by atoms with Crippen molar-refractivity contribution in [1.82, 2.24) is 38.8 Å². The molecule has 2 aliphatic heterocycles. The van der Waals surface area contributed by atoms with Crippen molar-refractivity contribution < 1.29 is 8.42 Å². The van der Waals surface area contributed by atoms with Gasteiger partial charge in [0.2, 0.25) is 0 Å². The summed E-state index contributed by atoms with van der Waals surface area (Å²) in [4.78, 5) is 18.5. The second-order valence-corrected chi connectivity index (χ2v) is 13.4. The molecule has 13 heteroatoms. The first-order valence-corrected chi connectivity index (χ1v) is 15.0. The van der Waals surface area contributed by atoms with Gasteiger partial charge in [-0.3, -0.25) is 4.68 Å². The van der Waals surface area contributed by atoms with Crippen molar-refractivity contribution in [1.29, 1.82) is 0 Å². The van der Waals surface area contributed by atoms with Crippen LogP contribution < -0.4 is 10.2 Å². The molecule has 204 valence electrons. The van der Waals surface area contributed by atoms with Crippen LogP contribution >= 0.6 is 0 Å². The van der Waals surface area contributed by atoms with Gasteiger partial charge in [0.1, 0.15) is 11.6 Å². The van der Waals surface area contributed by atoms with Crippen LogP contribution in [-0.4, -0.2) is 85.2 Å². The van der Waals surface area contributed by atoms with Crippen LogP contribution in [0.1, 0.15) is 39.7 Å². The Morgan fingerprint density at radius 3 is 2.62 bits per heavy atom. The minimum atomic E-state index is -3.44. The second-order valence-electron chi connectivity index (χ2n) is 11.3. The van der Waals surface area contributed by atoms with Gasteiger partial charge in [-0.05, 0) is 39.3 Å². The Bertz CT molecular complexity index is 1660. The standard InChI is InChI=1S/C26H32N10O2S/c1-4-33-13-26(14-33)15-34(16-26)25-20-11-28-23(9-21(20)36(32-25)17(2)3)30-22-7-8-27-24(31-22)18-10-29-35(12-18)39(37,38)19-5-6-19/h7-12,17,19H,4-6,13-16H2,1-3H3,(H,27,28,30,31). The molecule has 39 heavy (non-hydrogen) atoms. The quantitative estimate of drug-likeness (QED) is 0.351. The van der Waals surface area contributed by atoms with Crippen molar-refractivity contribution in [3.63, 3.8) is 0 Å². The fourth-order valence-electron chi connectivity index (χ4n) is 5.73. The SMILES string of the molecule is CCN1CC2(C1)CN(c1nn(C(C)C)c3cc(Nc4ccnc(-c5cnn(S(=O)(=O)C6CC6)c5)n4)ncc13)C2. The Kier molecular flexibility index (Phi) is 5.47. The van der Waals surface area contributed by atoms with E-state index in [2.05, 4.69) is 60.6 Å². The molecule has 1 saturated carbocycles. The lowest BCUT2D eigenvalue weighted by atomic mass is 9.73. The van der Waals surface area contributed by atoms with Crippen molar-refractivity contribution in [2.75, 3.05) is 42.9 Å². The molecule has 7 rings (SSSR count). The minimum Gasteiger partial charge on any atom is -0.353 e. The average Bonchev–Trinajstić information content (AvgIpc) is 3.50. The van der Waals surface area contributed by atoms with E-state index in [0.29, 0.717) is 41.3 Å². The molecule has 3 aliphatic rings. The van der Waals surface area contributed by atoms with E-state index in [1.807, 2.05) is 12.3 Å². The summed E-state index contributed by atoms with van der Waals surface area (Å²) in [5.74, 6) is 2.58. The third-order valence-corrected chi connectivity index (χ3v) is 9.95. The molecule has 0 atom stereocenters. The number of hydrogen-bond donors (Lipinski definition) is 1. The van der Waals surface area contributed by atoms with Crippen LogP contribution in [0.5, 0.6) is 0 Å². The Morgan fingerprint density at radius 2 is 1.90 bits per heavy atom. The van der Waals surface area contributed by atoms with E-state index in [1.165, 1.54) is 25.5 Å². The molecule has 1 aliphatic carbocycles. The van der Waals surface area contributed by atoms with Gasteiger partial charge in [-0.2, -0.15) is 14.3 Å². The Hall–Kier alpha value is -3.58. The second kappa shape index (κ2) is 8.71. The van der Waals surface area contributed by atoms with Gasteiger partial charge in [0, 0.05) is 56.1 Å². The van der Waals surface area contributed by atoms with Gasteiger partial charge in [-0.1, -0.05) is 6.92 Å². The molecule has 0 radical (unpaired) electrons. The van der Waals surface area contributed by atoms with Gasteiger partial charge < -0.3 is 15.1 Å². The molecule has 1 spiro atoms. The first-order chi connectivity index (χ1) is 18.7.